The summed E-state index contributed by atoms with van der Waals surface area (Å²) in [5.74, 6) is 1.79. The van der Waals surface area contributed by atoms with E-state index in [-0.39, 0.29) is 11.9 Å². The molecule has 0 bridgehead atoms. The average Bonchev–Trinajstić information content (AvgIpc) is 3.51. The van der Waals surface area contributed by atoms with E-state index >= 15 is 0 Å². The smallest absolute Gasteiger partial charge is 0.217 e. The molecule has 2 aromatic carbocycles. The largest absolute Gasteiger partial charge is 0.493 e. The van der Waals surface area contributed by atoms with Crippen molar-refractivity contribution in [2.45, 2.75) is 52.2 Å². The number of amides is 1. The summed E-state index contributed by atoms with van der Waals surface area (Å²) in [6.45, 7) is 7.47. The van der Waals surface area contributed by atoms with E-state index < -0.39 is 0 Å². The molecule has 4 nitrogen and oxygen atoms in total. The summed E-state index contributed by atoms with van der Waals surface area (Å²) >= 11 is 0. The first kappa shape index (κ1) is 19.0. The van der Waals surface area contributed by atoms with Crippen LogP contribution in [0.25, 0.3) is 0 Å². The van der Waals surface area contributed by atoms with E-state index in [2.05, 4.69) is 52.7 Å². The van der Waals surface area contributed by atoms with Crippen molar-refractivity contribution in [1.29, 1.82) is 0 Å². The fourth-order valence-corrected chi connectivity index (χ4v) is 3.87. The summed E-state index contributed by atoms with van der Waals surface area (Å²) in [5, 5.41) is 2.97. The molecule has 148 valence electrons. The summed E-state index contributed by atoms with van der Waals surface area (Å²) in [7, 11) is 0. The Balaban J connectivity index is 1.34. The zero-order valence-corrected chi connectivity index (χ0v) is 16.9. The van der Waals surface area contributed by atoms with Gasteiger partial charge in [0.1, 0.15) is 5.75 Å². The van der Waals surface area contributed by atoms with E-state index in [1.807, 2.05) is 6.92 Å². The molecule has 4 heteroatoms. The lowest BCUT2D eigenvalue weighted by atomic mass is 9.95. The molecule has 1 unspecified atom stereocenters. The molecule has 1 amide bonds. The molecule has 0 spiro atoms. The van der Waals surface area contributed by atoms with Gasteiger partial charge in [-0.25, -0.2) is 0 Å². The molecular weight excluding hydrogens is 348 g/mol. The number of ether oxygens (including phenoxy) is 1. The third-order valence-corrected chi connectivity index (χ3v) is 5.75. The predicted molar refractivity (Wildman–Crippen MR) is 111 cm³/mol. The van der Waals surface area contributed by atoms with Crippen LogP contribution in [-0.2, 0) is 24.3 Å². The van der Waals surface area contributed by atoms with E-state index in [0.29, 0.717) is 0 Å². The Bertz CT molecular complexity index is 827. The minimum Gasteiger partial charge on any atom is -0.493 e. The number of carbonyl (C=O) groups excluding carboxylic acids is 1. The van der Waals surface area contributed by atoms with Gasteiger partial charge < -0.3 is 10.1 Å². The zero-order valence-electron chi connectivity index (χ0n) is 16.9. The summed E-state index contributed by atoms with van der Waals surface area (Å²) in [6.07, 6.45) is 3.70. The van der Waals surface area contributed by atoms with Gasteiger partial charge in [-0.15, -0.1) is 0 Å². The maximum absolute atomic E-state index is 11.3. The Labute approximate surface area is 167 Å². The van der Waals surface area contributed by atoms with E-state index in [9.17, 15) is 4.79 Å². The van der Waals surface area contributed by atoms with Crippen molar-refractivity contribution in [2.24, 2.45) is 5.92 Å². The Morgan fingerprint density at radius 1 is 1.18 bits per heavy atom. The third kappa shape index (κ3) is 4.93. The molecule has 0 radical (unpaired) electrons. The fraction of sp³-hybridized carbons (Fsp3) is 0.458. The van der Waals surface area contributed by atoms with E-state index in [1.165, 1.54) is 35.1 Å². The van der Waals surface area contributed by atoms with Gasteiger partial charge in [-0.3, -0.25) is 9.69 Å². The minimum absolute atomic E-state index is 0.0142. The summed E-state index contributed by atoms with van der Waals surface area (Å²) in [5.41, 5.74) is 5.33. The molecule has 2 aliphatic rings. The number of carbonyl (C=O) groups is 1. The number of nitrogens with one attached hydrogen (secondary N) is 1. The standard InChI is InChI=1S/C24H30N2O2/c1-17(25-18(2)27)21-7-8-23-15-26(12-11-22(23)13-21)14-19-5-9-24(10-6-19)28-16-20-3-4-20/h5-10,13,17,20H,3-4,11-12,14-16H2,1-2H3,(H,25,27). The van der Waals surface area contributed by atoms with Crippen molar-refractivity contribution in [3.05, 3.63) is 64.7 Å². The maximum Gasteiger partial charge on any atom is 0.217 e. The lowest BCUT2D eigenvalue weighted by molar-refractivity contribution is -0.119. The first-order valence-corrected chi connectivity index (χ1v) is 10.4. The monoisotopic (exact) mass is 378 g/mol. The molecular formula is C24H30N2O2. The highest BCUT2D eigenvalue weighted by Gasteiger charge is 2.22. The Morgan fingerprint density at radius 3 is 2.68 bits per heavy atom. The van der Waals surface area contributed by atoms with Crippen molar-refractivity contribution in [2.75, 3.05) is 13.2 Å². The minimum atomic E-state index is 0.0142. The van der Waals surface area contributed by atoms with Gasteiger partial charge in [0.05, 0.1) is 12.6 Å². The van der Waals surface area contributed by atoms with E-state index in [0.717, 1.165) is 44.3 Å². The first-order valence-electron chi connectivity index (χ1n) is 10.4. The van der Waals surface area contributed by atoms with Gasteiger partial charge in [0, 0.05) is 26.6 Å². The molecule has 4 rings (SSSR count). The fourth-order valence-electron chi connectivity index (χ4n) is 3.87. The number of nitrogens with zero attached hydrogens (tertiary/aromatic N) is 1. The van der Waals surface area contributed by atoms with Crippen LogP contribution in [-0.4, -0.2) is 24.0 Å². The lowest BCUT2D eigenvalue weighted by Crippen LogP contribution is -2.30. The highest BCUT2D eigenvalue weighted by molar-refractivity contribution is 5.73. The van der Waals surface area contributed by atoms with E-state index in [4.69, 9.17) is 4.74 Å². The number of rotatable bonds is 7. The van der Waals surface area contributed by atoms with Gasteiger partial charge in [0.15, 0.2) is 0 Å². The summed E-state index contributed by atoms with van der Waals surface area (Å²) < 4.78 is 5.84. The molecule has 2 aromatic rings. The van der Waals surface area contributed by atoms with Crippen LogP contribution in [0.4, 0.5) is 0 Å². The first-order chi connectivity index (χ1) is 13.6. The van der Waals surface area contributed by atoms with Gasteiger partial charge in [-0.1, -0.05) is 30.3 Å². The van der Waals surface area contributed by atoms with Crippen LogP contribution < -0.4 is 10.1 Å². The molecule has 1 aliphatic carbocycles. The normalized spacial score (nSPS) is 17.6. The lowest BCUT2D eigenvalue weighted by Gasteiger charge is -2.29. The number of hydrogen-bond donors (Lipinski definition) is 1. The highest BCUT2D eigenvalue weighted by atomic mass is 16.5. The Hall–Kier alpha value is -2.33. The predicted octanol–water partition coefficient (Wildman–Crippen LogP) is 4.23. The van der Waals surface area contributed by atoms with Gasteiger partial charge in [0.25, 0.3) is 0 Å². The molecule has 0 aromatic heterocycles. The van der Waals surface area contributed by atoms with Crippen LogP contribution in [0, 0.1) is 5.92 Å². The molecule has 1 heterocycles. The third-order valence-electron chi connectivity index (χ3n) is 5.75. The van der Waals surface area contributed by atoms with Crippen molar-refractivity contribution in [3.8, 4) is 5.75 Å². The van der Waals surface area contributed by atoms with Crippen LogP contribution in [0.15, 0.2) is 42.5 Å². The van der Waals surface area contributed by atoms with Gasteiger partial charge in [-0.2, -0.15) is 0 Å². The van der Waals surface area contributed by atoms with Gasteiger partial charge in [0.2, 0.25) is 5.91 Å². The molecule has 1 N–H and O–H groups in total. The summed E-state index contributed by atoms with van der Waals surface area (Å²) in [4.78, 5) is 13.8. The maximum atomic E-state index is 11.3. The van der Waals surface area contributed by atoms with Gasteiger partial charge in [-0.05, 0) is 66.5 Å². The molecule has 1 aliphatic heterocycles. The molecule has 1 saturated carbocycles. The second-order valence-corrected chi connectivity index (χ2v) is 8.31. The molecule has 1 atom stereocenters. The number of hydrogen-bond acceptors (Lipinski definition) is 3. The van der Waals surface area contributed by atoms with Crippen LogP contribution in [0.1, 0.15) is 55.0 Å². The Kier molecular flexibility index (Phi) is 5.67. The average molecular weight is 379 g/mol. The second-order valence-electron chi connectivity index (χ2n) is 8.31. The van der Waals surface area contributed by atoms with Crippen molar-refractivity contribution in [1.82, 2.24) is 10.2 Å². The van der Waals surface area contributed by atoms with Crippen molar-refractivity contribution < 1.29 is 9.53 Å². The van der Waals surface area contributed by atoms with Crippen LogP contribution in [0.2, 0.25) is 0 Å². The quantitative estimate of drug-likeness (QED) is 0.784. The van der Waals surface area contributed by atoms with Gasteiger partial charge >= 0.3 is 0 Å². The highest BCUT2D eigenvalue weighted by Crippen LogP contribution is 2.30. The van der Waals surface area contributed by atoms with Crippen LogP contribution >= 0.6 is 0 Å². The SMILES string of the molecule is CC(=O)NC(C)c1ccc2c(c1)CCN(Cc1ccc(OCC3CC3)cc1)C2. The second kappa shape index (κ2) is 8.36. The van der Waals surface area contributed by atoms with Crippen molar-refractivity contribution >= 4 is 5.91 Å². The molecule has 0 saturated heterocycles. The Morgan fingerprint density at radius 2 is 1.96 bits per heavy atom. The molecule has 1 fully saturated rings. The van der Waals surface area contributed by atoms with Crippen molar-refractivity contribution in [3.63, 3.8) is 0 Å². The number of fused-ring (bicyclic) bond motifs is 1. The van der Waals surface area contributed by atoms with Crippen LogP contribution in [0.3, 0.4) is 0 Å². The zero-order chi connectivity index (χ0) is 19.5. The molecule has 28 heavy (non-hydrogen) atoms. The summed E-state index contributed by atoms with van der Waals surface area (Å²) in [6, 6.07) is 15.3. The van der Waals surface area contributed by atoms with E-state index in [1.54, 1.807) is 6.92 Å². The van der Waals surface area contributed by atoms with Crippen LogP contribution in [0.5, 0.6) is 5.75 Å². The topological polar surface area (TPSA) is 41.6 Å². The number of benzene rings is 2.